The van der Waals surface area contributed by atoms with E-state index in [2.05, 4.69) is 52.2 Å². The van der Waals surface area contributed by atoms with Gasteiger partial charge in [0.2, 0.25) is 0 Å². The van der Waals surface area contributed by atoms with E-state index in [1.54, 1.807) is 6.92 Å². The predicted molar refractivity (Wildman–Crippen MR) is 77.2 cm³/mol. The van der Waals surface area contributed by atoms with Crippen LogP contribution in [0, 0.1) is 3.57 Å². The molecule has 0 spiro atoms. The Labute approximate surface area is 116 Å². The van der Waals surface area contributed by atoms with Gasteiger partial charge in [0, 0.05) is 9.61 Å². The van der Waals surface area contributed by atoms with Crippen molar-refractivity contribution in [1.29, 1.82) is 0 Å². The number of aliphatic carboxylic acids is 1. The molecule has 1 aromatic carbocycles. The number of hydrogen-bond acceptors (Lipinski definition) is 2. The van der Waals surface area contributed by atoms with Gasteiger partial charge >= 0.3 is 5.97 Å². The molecule has 0 heterocycles. The van der Waals surface area contributed by atoms with Crippen LogP contribution in [0.15, 0.2) is 24.3 Å². The SMILES string of the molecule is CC(CCc1ccc(I)cc1)N[C@@H](C)C(=O)O. The molecule has 0 fully saturated rings. The molecule has 17 heavy (non-hydrogen) atoms. The van der Waals surface area contributed by atoms with Gasteiger partial charge in [0.25, 0.3) is 0 Å². The Balaban J connectivity index is 2.35. The van der Waals surface area contributed by atoms with E-state index >= 15 is 0 Å². The summed E-state index contributed by atoms with van der Waals surface area (Å²) < 4.78 is 1.23. The second kappa shape index (κ2) is 6.96. The van der Waals surface area contributed by atoms with Crippen molar-refractivity contribution >= 4 is 28.6 Å². The van der Waals surface area contributed by atoms with Crippen molar-refractivity contribution in [3.63, 3.8) is 0 Å². The maximum atomic E-state index is 10.7. The molecule has 2 atom stereocenters. The molecule has 0 aliphatic carbocycles. The zero-order chi connectivity index (χ0) is 12.8. The molecule has 4 heteroatoms. The van der Waals surface area contributed by atoms with Crippen LogP contribution in [0.1, 0.15) is 25.8 Å². The summed E-state index contributed by atoms with van der Waals surface area (Å²) in [5, 5.41) is 11.8. The summed E-state index contributed by atoms with van der Waals surface area (Å²) in [4.78, 5) is 10.7. The highest BCUT2D eigenvalue weighted by molar-refractivity contribution is 14.1. The van der Waals surface area contributed by atoms with Gasteiger partial charge in [-0.3, -0.25) is 4.79 Å². The first-order valence-electron chi connectivity index (χ1n) is 5.72. The minimum Gasteiger partial charge on any atom is -0.480 e. The van der Waals surface area contributed by atoms with Gasteiger partial charge in [0.1, 0.15) is 6.04 Å². The minimum atomic E-state index is -0.800. The number of aryl methyl sites for hydroxylation is 1. The lowest BCUT2D eigenvalue weighted by Gasteiger charge is -2.16. The van der Waals surface area contributed by atoms with Crippen LogP contribution in [0.3, 0.4) is 0 Å². The molecule has 1 aromatic rings. The van der Waals surface area contributed by atoms with Crippen LogP contribution in [0.4, 0.5) is 0 Å². The van der Waals surface area contributed by atoms with Gasteiger partial charge in [-0.25, -0.2) is 0 Å². The largest absolute Gasteiger partial charge is 0.480 e. The first-order chi connectivity index (χ1) is 7.99. The lowest BCUT2D eigenvalue weighted by Crippen LogP contribution is -2.40. The highest BCUT2D eigenvalue weighted by Crippen LogP contribution is 2.09. The molecule has 0 aliphatic rings. The Morgan fingerprint density at radius 1 is 1.35 bits per heavy atom. The molecule has 1 unspecified atom stereocenters. The number of carbonyl (C=O) groups is 1. The average Bonchev–Trinajstić information content (AvgIpc) is 2.28. The van der Waals surface area contributed by atoms with E-state index in [9.17, 15) is 4.79 Å². The second-order valence-corrected chi connectivity index (χ2v) is 5.54. The predicted octanol–water partition coefficient (Wildman–Crippen LogP) is 2.68. The number of nitrogens with one attached hydrogen (secondary N) is 1. The van der Waals surface area contributed by atoms with E-state index in [4.69, 9.17) is 5.11 Å². The molecule has 0 saturated carbocycles. The molecule has 0 radical (unpaired) electrons. The summed E-state index contributed by atoms with van der Waals surface area (Å²) in [6.45, 7) is 3.69. The van der Waals surface area contributed by atoms with Crippen molar-refractivity contribution in [1.82, 2.24) is 5.32 Å². The van der Waals surface area contributed by atoms with Crippen LogP contribution in [-0.2, 0) is 11.2 Å². The fraction of sp³-hybridized carbons (Fsp3) is 0.462. The van der Waals surface area contributed by atoms with Crippen LogP contribution < -0.4 is 5.32 Å². The fourth-order valence-electron chi connectivity index (χ4n) is 1.62. The van der Waals surface area contributed by atoms with Crippen LogP contribution >= 0.6 is 22.6 Å². The Kier molecular flexibility index (Phi) is 5.91. The molecule has 0 bridgehead atoms. The number of halogens is 1. The zero-order valence-electron chi connectivity index (χ0n) is 10.1. The Hall–Kier alpha value is -0.620. The number of hydrogen-bond donors (Lipinski definition) is 2. The molecule has 0 saturated heterocycles. The third-order valence-corrected chi connectivity index (χ3v) is 3.40. The molecule has 2 N–H and O–H groups in total. The molecule has 3 nitrogen and oxygen atoms in total. The zero-order valence-corrected chi connectivity index (χ0v) is 12.3. The van der Waals surface area contributed by atoms with Crippen LogP contribution in [0.2, 0.25) is 0 Å². The first-order valence-corrected chi connectivity index (χ1v) is 6.80. The van der Waals surface area contributed by atoms with Gasteiger partial charge in [-0.2, -0.15) is 0 Å². The second-order valence-electron chi connectivity index (χ2n) is 4.29. The van der Waals surface area contributed by atoms with Crippen molar-refractivity contribution in [3.8, 4) is 0 Å². The standard InChI is InChI=1S/C13H18INO2/c1-9(15-10(2)13(16)17)3-4-11-5-7-12(14)8-6-11/h5-10,15H,3-4H2,1-2H3,(H,16,17)/t9?,10-/m0/s1. The van der Waals surface area contributed by atoms with Gasteiger partial charge < -0.3 is 10.4 Å². The molecule has 94 valence electrons. The molecule has 0 aromatic heterocycles. The van der Waals surface area contributed by atoms with E-state index < -0.39 is 12.0 Å². The Morgan fingerprint density at radius 2 is 1.94 bits per heavy atom. The summed E-state index contributed by atoms with van der Waals surface area (Å²) in [6.07, 6.45) is 1.91. The van der Waals surface area contributed by atoms with Crippen LogP contribution in [-0.4, -0.2) is 23.2 Å². The van der Waals surface area contributed by atoms with Gasteiger partial charge in [0.15, 0.2) is 0 Å². The average molecular weight is 347 g/mol. The third kappa shape index (κ3) is 5.50. The van der Waals surface area contributed by atoms with Crippen molar-refractivity contribution in [2.75, 3.05) is 0 Å². The maximum Gasteiger partial charge on any atom is 0.320 e. The summed E-state index contributed by atoms with van der Waals surface area (Å²) in [6, 6.07) is 8.15. The van der Waals surface area contributed by atoms with E-state index in [1.165, 1.54) is 9.13 Å². The van der Waals surface area contributed by atoms with Crippen molar-refractivity contribution in [2.45, 2.75) is 38.8 Å². The quantitative estimate of drug-likeness (QED) is 0.778. The molecular weight excluding hydrogens is 329 g/mol. The molecule has 0 amide bonds. The maximum absolute atomic E-state index is 10.7. The number of carboxylic acids is 1. The summed E-state index contributed by atoms with van der Waals surface area (Å²) in [5.41, 5.74) is 1.29. The monoisotopic (exact) mass is 347 g/mol. The van der Waals surface area contributed by atoms with Crippen molar-refractivity contribution in [2.24, 2.45) is 0 Å². The molecule has 1 rings (SSSR count). The lowest BCUT2D eigenvalue weighted by molar-refractivity contribution is -0.139. The van der Waals surface area contributed by atoms with E-state index in [0.29, 0.717) is 0 Å². The third-order valence-electron chi connectivity index (χ3n) is 2.68. The van der Waals surface area contributed by atoms with E-state index in [1.807, 2.05) is 6.92 Å². The van der Waals surface area contributed by atoms with Crippen molar-refractivity contribution < 1.29 is 9.90 Å². The van der Waals surface area contributed by atoms with E-state index in [-0.39, 0.29) is 6.04 Å². The van der Waals surface area contributed by atoms with Crippen molar-refractivity contribution in [3.05, 3.63) is 33.4 Å². The van der Waals surface area contributed by atoms with Crippen LogP contribution in [0.5, 0.6) is 0 Å². The van der Waals surface area contributed by atoms with Gasteiger partial charge in [0.05, 0.1) is 0 Å². The molecule has 0 aliphatic heterocycles. The Bertz CT molecular complexity index is 364. The Morgan fingerprint density at radius 3 is 2.47 bits per heavy atom. The number of carboxylic acid groups (broad SMARTS) is 1. The normalized spacial score (nSPS) is 14.3. The smallest absolute Gasteiger partial charge is 0.320 e. The minimum absolute atomic E-state index is 0.209. The van der Waals surface area contributed by atoms with Gasteiger partial charge in [-0.1, -0.05) is 12.1 Å². The first kappa shape index (κ1) is 14.4. The summed E-state index contributed by atoms with van der Waals surface area (Å²) >= 11 is 2.28. The fourth-order valence-corrected chi connectivity index (χ4v) is 1.98. The molecular formula is C13H18INO2. The van der Waals surface area contributed by atoms with Gasteiger partial charge in [-0.05, 0) is 67.0 Å². The highest BCUT2D eigenvalue weighted by atomic mass is 127. The number of benzene rings is 1. The van der Waals surface area contributed by atoms with E-state index in [0.717, 1.165) is 12.8 Å². The summed E-state index contributed by atoms with van der Waals surface area (Å²) in [7, 11) is 0. The van der Waals surface area contributed by atoms with Gasteiger partial charge in [-0.15, -0.1) is 0 Å². The highest BCUT2D eigenvalue weighted by Gasteiger charge is 2.13. The lowest BCUT2D eigenvalue weighted by atomic mass is 10.1. The summed E-state index contributed by atoms with van der Waals surface area (Å²) in [5.74, 6) is -0.800. The topological polar surface area (TPSA) is 49.3 Å². The number of rotatable bonds is 6. The van der Waals surface area contributed by atoms with Crippen LogP contribution in [0.25, 0.3) is 0 Å².